The Hall–Kier alpha value is -2.05. The van der Waals surface area contributed by atoms with Gasteiger partial charge in [0.25, 0.3) is 5.91 Å². The minimum atomic E-state index is -3.42. The number of amides is 1. The van der Waals surface area contributed by atoms with Crippen LogP contribution >= 0.6 is 11.6 Å². The standard InChI is InChI=1S/C16H17ClN2O3S/c1-11-4-3-5-12(8-11)10-18-16(20)14-9-13(6-7-15(14)17)19-23(2,21)22/h3-9,19H,10H2,1-2H3,(H,18,20). The summed E-state index contributed by atoms with van der Waals surface area (Å²) in [6.07, 6.45) is 1.04. The highest BCUT2D eigenvalue weighted by Crippen LogP contribution is 2.21. The molecule has 1 amide bonds. The van der Waals surface area contributed by atoms with Gasteiger partial charge in [-0.3, -0.25) is 9.52 Å². The van der Waals surface area contributed by atoms with E-state index in [1.165, 1.54) is 18.2 Å². The molecule has 0 saturated heterocycles. The number of nitrogens with one attached hydrogen (secondary N) is 2. The predicted octanol–water partition coefficient (Wildman–Crippen LogP) is 2.95. The van der Waals surface area contributed by atoms with E-state index in [0.29, 0.717) is 6.54 Å². The third-order valence-electron chi connectivity index (χ3n) is 3.05. The van der Waals surface area contributed by atoms with Gasteiger partial charge in [0.2, 0.25) is 10.0 Å². The van der Waals surface area contributed by atoms with Crippen molar-refractivity contribution in [2.45, 2.75) is 13.5 Å². The molecule has 0 atom stereocenters. The number of anilines is 1. The van der Waals surface area contributed by atoms with Gasteiger partial charge >= 0.3 is 0 Å². The third kappa shape index (κ3) is 5.26. The molecule has 2 N–H and O–H groups in total. The van der Waals surface area contributed by atoms with Crippen LogP contribution in [0.5, 0.6) is 0 Å². The first-order chi connectivity index (χ1) is 10.7. The van der Waals surface area contributed by atoms with Crippen LogP contribution < -0.4 is 10.0 Å². The first-order valence-corrected chi connectivity index (χ1v) is 9.12. The second kappa shape index (κ2) is 7.02. The lowest BCUT2D eigenvalue weighted by Gasteiger charge is -2.10. The average molecular weight is 353 g/mol. The van der Waals surface area contributed by atoms with Gasteiger partial charge < -0.3 is 5.32 Å². The number of sulfonamides is 1. The van der Waals surface area contributed by atoms with E-state index < -0.39 is 10.0 Å². The zero-order chi connectivity index (χ0) is 17.0. The SMILES string of the molecule is Cc1cccc(CNC(=O)c2cc(NS(C)(=O)=O)ccc2Cl)c1. The molecule has 0 bridgehead atoms. The molecular formula is C16H17ClN2O3S. The fourth-order valence-electron chi connectivity index (χ4n) is 2.08. The quantitative estimate of drug-likeness (QED) is 0.868. The maximum Gasteiger partial charge on any atom is 0.253 e. The summed E-state index contributed by atoms with van der Waals surface area (Å²) in [5, 5.41) is 3.03. The Bertz CT molecular complexity index is 835. The van der Waals surface area contributed by atoms with Crippen LogP contribution in [0.25, 0.3) is 0 Å². The summed E-state index contributed by atoms with van der Waals surface area (Å²) in [5.41, 5.74) is 2.58. The Morgan fingerprint density at radius 1 is 1.17 bits per heavy atom. The highest BCUT2D eigenvalue weighted by Gasteiger charge is 2.12. The van der Waals surface area contributed by atoms with Crippen LogP contribution in [0.1, 0.15) is 21.5 Å². The second-order valence-electron chi connectivity index (χ2n) is 5.24. The number of benzene rings is 2. The van der Waals surface area contributed by atoms with Gasteiger partial charge in [-0.1, -0.05) is 41.4 Å². The number of hydrogen-bond acceptors (Lipinski definition) is 3. The van der Waals surface area contributed by atoms with Gasteiger partial charge in [-0.05, 0) is 30.7 Å². The normalized spacial score (nSPS) is 11.1. The van der Waals surface area contributed by atoms with Crippen molar-refractivity contribution in [3.8, 4) is 0 Å². The molecule has 0 aliphatic heterocycles. The molecule has 0 heterocycles. The van der Waals surface area contributed by atoms with E-state index in [4.69, 9.17) is 11.6 Å². The van der Waals surface area contributed by atoms with E-state index in [2.05, 4.69) is 10.0 Å². The van der Waals surface area contributed by atoms with Gasteiger partial charge in [0, 0.05) is 12.2 Å². The molecule has 5 nitrogen and oxygen atoms in total. The number of aryl methyl sites for hydroxylation is 1. The summed E-state index contributed by atoms with van der Waals surface area (Å²) in [7, 11) is -3.42. The average Bonchev–Trinajstić information content (AvgIpc) is 2.45. The van der Waals surface area contributed by atoms with Crippen LogP contribution in [-0.2, 0) is 16.6 Å². The molecule has 0 radical (unpaired) electrons. The van der Waals surface area contributed by atoms with Gasteiger partial charge in [-0.15, -0.1) is 0 Å². The van der Waals surface area contributed by atoms with E-state index in [9.17, 15) is 13.2 Å². The molecule has 2 aromatic rings. The number of carbonyl (C=O) groups excluding carboxylic acids is 1. The molecule has 0 aliphatic rings. The van der Waals surface area contributed by atoms with Crippen molar-refractivity contribution in [1.29, 1.82) is 0 Å². The van der Waals surface area contributed by atoms with Crippen molar-refractivity contribution in [2.24, 2.45) is 0 Å². The molecule has 0 aliphatic carbocycles. The number of halogens is 1. The number of carbonyl (C=O) groups is 1. The molecule has 0 unspecified atom stereocenters. The first-order valence-electron chi connectivity index (χ1n) is 6.86. The second-order valence-corrected chi connectivity index (χ2v) is 7.40. The lowest BCUT2D eigenvalue weighted by atomic mass is 10.1. The molecule has 0 spiro atoms. The molecule has 7 heteroatoms. The maximum atomic E-state index is 12.3. The lowest BCUT2D eigenvalue weighted by Crippen LogP contribution is -2.23. The minimum Gasteiger partial charge on any atom is -0.348 e. The van der Waals surface area contributed by atoms with Gasteiger partial charge in [-0.25, -0.2) is 8.42 Å². The summed E-state index contributed by atoms with van der Waals surface area (Å²) in [5.74, 6) is -0.367. The Morgan fingerprint density at radius 3 is 2.57 bits per heavy atom. The van der Waals surface area contributed by atoms with Crippen LogP contribution in [0.3, 0.4) is 0 Å². The van der Waals surface area contributed by atoms with E-state index in [1.807, 2.05) is 31.2 Å². The van der Waals surface area contributed by atoms with Crippen LogP contribution in [0.2, 0.25) is 5.02 Å². The Balaban J connectivity index is 2.13. The highest BCUT2D eigenvalue weighted by atomic mass is 35.5. The first kappa shape index (κ1) is 17.3. The van der Waals surface area contributed by atoms with Crippen molar-refractivity contribution < 1.29 is 13.2 Å². The Morgan fingerprint density at radius 2 is 1.91 bits per heavy atom. The summed E-state index contributed by atoms with van der Waals surface area (Å²) < 4.78 is 24.8. The van der Waals surface area contributed by atoms with Crippen molar-refractivity contribution in [2.75, 3.05) is 11.0 Å². The fourth-order valence-corrected chi connectivity index (χ4v) is 2.84. The molecule has 23 heavy (non-hydrogen) atoms. The molecule has 0 saturated carbocycles. The highest BCUT2D eigenvalue weighted by molar-refractivity contribution is 7.92. The molecule has 122 valence electrons. The molecule has 2 rings (SSSR count). The topological polar surface area (TPSA) is 75.3 Å². The molecule has 0 fully saturated rings. The van der Waals surface area contributed by atoms with E-state index in [0.717, 1.165) is 17.4 Å². The molecule has 2 aromatic carbocycles. The monoisotopic (exact) mass is 352 g/mol. The molecular weight excluding hydrogens is 336 g/mol. The lowest BCUT2D eigenvalue weighted by molar-refractivity contribution is 0.0951. The summed E-state index contributed by atoms with van der Waals surface area (Å²) >= 11 is 6.03. The van der Waals surface area contributed by atoms with E-state index in [1.54, 1.807) is 0 Å². The van der Waals surface area contributed by atoms with Gasteiger partial charge in [-0.2, -0.15) is 0 Å². The Labute approximate surface area is 140 Å². The van der Waals surface area contributed by atoms with E-state index >= 15 is 0 Å². The minimum absolute atomic E-state index is 0.216. The van der Waals surface area contributed by atoms with Crippen molar-refractivity contribution in [3.05, 3.63) is 64.2 Å². The number of rotatable bonds is 5. The summed E-state index contributed by atoms with van der Waals surface area (Å²) in [6.45, 7) is 2.34. The summed E-state index contributed by atoms with van der Waals surface area (Å²) in [6, 6.07) is 12.2. The van der Waals surface area contributed by atoms with Crippen molar-refractivity contribution in [1.82, 2.24) is 5.32 Å². The predicted molar refractivity (Wildman–Crippen MR) is 92.3 cm³/mol. The smallest absolute Gasteiger partial charge is 0.253 e. The van der Waals surface area contributed by atoms with E-state index in [-0.39, 0.29) is 22.2 Å². The van der Waals surface area contributed by atoms with Crippen LogP contribution in [-0.4, -0.2) is 20.6 Å². The van der Waals surface area contributed by atoms with Gasteiger partial charge in [0.05, 0.1) is 16.8 Å². The maximum absolute atomic E-state index is 12.3. The molecule has 0 aromatic heterocycles. The zero-order valence-electron chi connectivity index (χ0n) is 12.8. The van der Waals surface area contributed by atoms with Crippen molar-refractivity contribution >= 4 is 33.2 Å². The Kier molecular flexibility index (Phi) is 5.28. The largest absolute Gasteiger partial charge is 0.348 e. The third-order valence-corrected chi connectivity index (χ3v) is 3.99. The van der Waals surface area contributed by atoms with Crippen LogP contribution in [0.4, 0.5) is 5.69 Å². The summed E-state index contributed by atoms with van der Waals surface area (Å²) in [4.78, 5) is 12.3. The van der Waals surface area contributed by atoms with Crippen LogP contribution in [0, 0.1) is 6.92 Å². The number of hydrogen-bond donors (Lipinski definition) is 2. The van der Waals surface area contributed by atoms with Crippen LogP contribution in [0.15, 0.2) is 42.5 Å². The fraction of sp³-hybridized carbons (Fsp3) is 0.188. The van der Waals surface area contributed by atoms with Crippen molar-refractivity contribution in [3.63, 3.8) is 0 Å². The van der Waals surface area contributed by atoms with Gasteiger partial charge in [0.15, 0.2) is 0 Å². The zero-order valence-corrected chi connectivity index (χ0v) is 14.3. The van der Waals surface area contributed by atoms with Gasteiger partial charge in [0.1, 0.15) is 0 Å².